The fourth-order valence-electron chi connectivity index (χ4n) is 5.05. The molecule has 0 aromatic rings. The molecule has 1 aliphatic carbocycles. The number of aliphatic hydroxyl groups excluding tert-OH is 1. The number of hydrogen-bond acceptors (Lipinski definition) is 9. The molecule has 0 aromatic carbocycles. The Kier molecular flexibility index (Phi) is 6.90. The molecule has 3 fully saturated rings. The van der Waals surface area contributed by atoms with Crippen molar-refractivity contribution < 1.29 is 38.5 Å². The molecule has 33 heavy (non-hydrogen) atoms. The highest BCUT2D eigenvalue weighted by Crippen LogP contribution is 2.52. The topological polar surface area (TPSA) is 131 Å². The number of β-lactam (4-membered cyclic amide) rings is 1. The normalized spacial score (nSPS) is 31.1. The molecular formula is C22H30N2O8S. The number of esters is 1. The minimum Gasteiger partial charge on any atom is -0.431 e. The Morgan fingerprint density at radius 1 is 1.18 bits per heavy atom. The Morgan fingerprint density at radius 2 is 1.88 bits per heavy atom. The minimum absolute atomic E-state index is 0.0631. The molecule has 11 heteroatoms. The second-order valence-corrected chi connectivity index (χ2v) is 10.4. The molecule has 0 radical (unpaired) electrons. The first-order chi connectivity index (χ1) is 15.7. The van der Waals surface area contributed by atoms with Gasteiger partial charge in [0, 0.05) is 36.0 Å². The maximum atomic E-state index is 13.1. The Balaban J connectivity index is 1.47. The summed E-state index contributed by atoms with van der Waals surface area (Å²) in [5.74, 6) is -2.03. The second kappa shape index (κ2) is 9.54. The van der Waals surface area contributed by atoms with Gasteiger partial charge in [0.25, 0.3) is 0 Å². The Labute approximate surface area is 196 Å². The van der Waals surface area contributed by atoms with Crippen molar-refractivity contribution in [1.82, 2.24) is 10.2 Å². The number of amides is 2. The quantitative estimate of drug-likeness (QED) is 0.316. The van der Waals surface area contributed by atoms with Crippen LogP contribution in [0.3, 0.4) is 0 Å². The molecule has 2 unspecified atom stereocenters. The molecule has 2 N–H and O–H groups in total. The van der Waals surface area contributed by atoms with E-state index in [1.807, 2.05) is 6.92 Å². The van der Waals surface area contributed by atoms with Gasteiger partial charge in [-0.15, -0.1) is 11.8 Å². The molecule has 3 heterocycles. The van der Waals surface area contributed by atoms with Crippen molar-refractivity contribution in [2.45, 2.75) is 82.7 Å². The average Bonchev–Trinajstić information content (AvgIpc) is 3.42. The van der Waals surface area contributed by atoms with Gasteiger partial charge >= 0.3 is 12.1 Å². The summed E-state index contributed by atoms with van der Waals surface area (Å²) in [5.41, 5.74) is 0.0957. The highest BCUT2D eigenvalue weighted by Gasteiger charge is 2.60. The summed E-state index contributed by atoms with van der Waals surface area (Å²) in [5, 5.41) is 12.8. The lowest BCUT2D eigenvalue weighted by Crippen LogP contribution is -2.63. The van der Waals surface area contributed by atoms with Crippen LogP contribution in [0.15, 0.2) is 10.6 Å². The smallest absolute Gasteiger partial charge is 0.431 e. The van der Waals surface area contributed by atoms with Gasteiger partial charge in [0.1, 0.15) is 11.8 Å². The van der Waals surface area contributed by atoms with Crippen LogP contribution in [0.4, 0.5) is 4.79 Å². The summed E-state index contributed by atoms with van der Waals surface area (Å²) in [6.45, 7) is 5.33. The van der Waals surface area contributed by atoms with Gasteiger partial charge in [0.15, 0.2) is 0 Å². The number of aliphatic hydroxyl groups is 1. The van der Waals surface area contributed by atoms with Crippen molar-refractivity contribution in [2.24, 2.45) is 11.8 Å². The van der Waals surface area contributed by atoms with Gasteiger partial charge in [-0.05, 0) is 32.6 Å². The lowest BCUT2D eigenvalue weighted by Gasteiger charge is -2.46. The minimum atomic E-state index is -1.21. The summed E-state index contributed by atoms with van der Waals surface area (Å²) < 4.78 is 15.7. The third-order valence-electron chi connectivity index (χ3n) is 6.64. The van der Waals surface area contributed by atoms with Crippen LogP contribution in [0.25, 0.3) is 0 Å². The second-order valence-electron chi connectivity index (χ2n) is 9.08. The van der Waals surface area contributed by atoms with E-state index in [1.165, 1.54) is 23.6 Å². The number of nitrogens with one attached hydrogen (secondary N) is 1. The highest BCUT2D eigenvalue weighted by atomic mass is 32.2. The Morgan fingerprint density at radius 3 is 2.48 bits per heavy atom. The molecule has 0 aromatic heterocycles. The van der Waals surface area contributed by atoms with E-state index in [0.29, 0.717) is 17.9 Å². The highest BCUT2D eigenvalue weighted by molar-refractivity contribution is 8.03. The third-order valence-corrected chi connectivity index (χ3v) is 8.12. The van der Waals surface area contributed by atoms with Crippen molar-refractivity contribution in [1.29, 1.82) is 0 Å². The van der Waals surface area contributed by atoms with Crippen LogP contribution < -0.4 is 5.32 Å². The number of carbonyl (C=O) groups is 4. The SMILES string of the molecule is CC(OC(=O)OC1CCCC1)OC(=O)C1=C(SC2CNC(=O)C2)[C@H](C)[C@@H]2[C@@H]([C@@H](C)O)C(=O)N12. The largest absolute Gasteiger partial charge is 0.511 e. The molecule has 4 rings (SSSR count). The van der Waals surface area contributed by atoms with Gasteiger partial charge in [0.2, 0.25) is 18.1 Å². The van der Waals surface area contributed by atoms with E-state index in [4.69, 9.17) is 14.2 Å². The molecule has 0 spiro atoms. The number of hydrogen-bond donors (Lipinski definition) is 2. The number of rotatable bonds is 7. The lowest BCUT2D eigenvalue weighted by atomic mass is 9.79. The standard InChI is InChI=1S/C22H30N2O8S/c1-10-17-16(11(2)25)20(27)24(17)18(19(10)33-14-8-15(26)23-9-14)21(28)30-12(3)31-22(29)32-13-6-4-5-7-13/h10-14,16-17,25H,4-9H2,1-3H3,(H,23,26)/t10-,11-,12?,14?,16-,17-/m1/s1. The number of fused-ring (bicyclic) bond motifs is 1. The van der Waals surface area contributed by atoms with Crippen LogP contribution >= 0.6 is 11.8 Å². The van der Waals surface area contributed by atoms with E-state index in [-0.39, 0.29) is 40.8 Å². The van der Waals surface area contributed by atoms with Crippen LogP contribution in [-0.2, 0) is 28.6 Å². The first kappa shape index (κ1) is 23.9. The Bertz CT molecular complexity index is 868. The predicted molar refractivity (Wildman–Crippen MR) is 116 cm³/mol. The fourth-order valence-corrected chi connectivity index (χ4v) is 6.45. The van der Waals surface area contributed by atoms with Crippen LogP contribution in [-0.4, -0.2) is 70.3 Å². The van der Waals surface area contributed by atoms with Gasteiger partial charge in [-0.3, -0.25) is 9.59 Å². The van der Waals surface area contributed by atoms with Crippen LogP contribution in [0.2, 0.25) is 0 Å². The number of carbonyl (C=O) groups excluding carboxylic acids is 4. The lowest BCUT2D eigenvalue weighted by molar-refractivity contribution is -0.174. The van der Waals surface area contributed by atoms with Crippen LogP contribution in [0, 0.1) is 11.8 Å². The summed E-state index contributed by atoms with van der Waals surface area (Å²) >= 11 is 1.38. The summed E-state index contributed by atoms with van der Waals surface area (Å²) in [6, 6.07) is -0.365. The van der Waals surface area contributed by atoms with Gasteiger partial charge in [-0.1, -0.05) is 6.92 Å². The van der Waals surface area contributed by atoms with Crippen molar-refractivity contribution in [3.63, 3.8) is 0 Å². The van der Waals surface area contributed by atoms with E-state index in [1.54, 1.807) is 6.92 Å². The van der Waals surface area contributed by atoms with Crippen molar-refractivity contribution in [2.75, 3.05) is 6.54 Å². The van der Waals surface area contributed by atoms with E-state index in [9.17, 15) is 24.3 Å². The zero-order valence-electron chi connectivity index (χ0n) is 18.9. The molecule has 10 nitrogen and oxygen atoms in total. The van der Waals surface area contributed by atoms with Crippen molar-refractivity contribution in [3.8, 4) is 0 Å². The molecule has 3 aliphatic heterocycles. The molecule has 6 atom stereocenters. The average molecular weight is 483 g/mol. The first-order valence-corrected chi connectivity index (χ1v) is 12.3. The van der Waals surface area contributed by atoms with Crippen LogP contribution in [0.1, 0.15) is 52.9 Å². The van der Waals surface area contributed by atoms with E-state index in [0.717, 1.165) is 25.7 Å². The fraction of sp³-hybridized carbons (Fsp3) is 0.727. The summed E-state index contributed by atoms with van der Waals surface area (Å²) in [7, 11) is 0. The van der Waals surface area contributed by atoms with Crippen LogP contribution in [0.5, 0.6) is 0 Å². The molecule has 2 saturated heterocycles. The van der Waals surface area contributed by atoms with Crippen molar-refractivity contribution in [3.05, 3.63) is 10.6 Å². The zero-order valence-corrected chi connectivity index (χ0v) is 19.8. The van der Waals surface area contributed by atoms with E-state index >= 15 is 0 Å². The summed E-state index contributed by atoms with van der Waals surface area (Å²) in [4.78, 5) is 51.6. The number of thioether (sulfide) groups is 1. The number of nitrogens with zero attached hydrogens (tertiary/aromatic N) is 1. The van der Waals surface area contributed by atoms with Gasteiger partial charge in [-0.2, -0.15) is 0 Å². The maximum Gasteiger partial charge on any atom is 0.511 e. The molecule has 2 amide bonds. The first-order valence-electron chi connectivity index (χ1n) is 11.4. The molecule has 1 saturated carbocycles. The number of ether oxygens (including phenoxy) is 3. The third kappa shape index (κ3) is 4.70. The maximum absolute atomic E-state index is 13.1. The van der Waals surface area contributed by atoms with Crippen molar-refractivity contribution >= 4 is 35.7 Å². The van der Waals surface area contributed by atoms with Gasteiger partial charge < -0.3 is 29.5 Å². The zero-order chi connectivity index (χ0) is 23.9. The summed E-state index contributed by atoms with van der Waals surface area (Å²) in [6.07, 6.45) is 0.740. The van der Waals surface area contributed by atoms with E-state index < -0.39 is 30.4 Å². The predicted octanol–water partition coefficient (Wildman–Crippen LogP) is 1.66. The molecule has 182 valence electrons. The van der Waals surface area contributed by atoms with Gasteiger partial charge in [0.05, 0.1) is 18.1 Å². The Hall–Kier alpha value is -2.27. The van der Waals surface area contributed by atoms with Gasteiger partial charge in [-0.25, -0.2) is 9.59 Å². The molecular weight excluding hydrogens is 452 g/mol. The molecule has 4 aliphatic rings. The monoisotopic (exact) mass is 482 g/mol. The van der Waals surface area contributed by atoms with E-state index in [2.05, 4.69) is 5.32 Å². The molecule has 0 bridgehead atoms.